The lowest BCUT2D eigenvalue weighted by atomic mass is 10.0. The number of hydrogen-bond donors (Lipinski definition) is 0. The topological polar surface area (TPSA) is 3.88 Å². The van der Waals surface area contributed by atoms with Gasteiger partial charge in [0, 0.05) is 17.7 Å². The van der Waals surface area contributed by atoms with Crippen LogP contribution in [0.3, 0.4) is 0 Å². The monoisotopic (exact) mass is 296 g/mol. The number of rotatable bonds is 3. The highest BCUT2D eigenvalue weighted by Gasteiger charge is 2.14. The maximum Gasteiger partial charge on any atom is 0.213 e. The van der Waals surface area contributed by atoms with Crippen LogP contribution >= 0.6 is 0 Å². The summed E-state index contributed by atoms with van der Waals surface area (Å²) in [6.07, 6.45) is 2.16. The van der Waals surface area contributed by atoms with Gasteiger partial charge in [0.25, 0.3) is 0 Å². The number of aromatic nitrogens is 1. The molecule has 110 valence electrons. The van der Waals surface area contributed by atoms with Gasteiger partial charge < -0.3 is 0 Å². The molecule has 0 atom stereocenters. The predicted octanol–water partition coefficient (Wildman–Crippen LogP) is 4.84. The third-order valence-electron chi connectivity index (χ3n) is 4.20. The molecule has 1 heterocycles. The lowest BCUT2D eigenvalue weighted by Crippen LogP contribution is -2.36. The van der Waals surface area contributed by atoms with E-state index in [1.54, 1.807) is 0 Å². The second-order valence-electron chi connectivity index (χ2n) is 5.73. The highest BCUT2D eigenvalue weighted by atomic mass is 15.0. The summed E-state index contributed by atoms with van der Waals surface area (Å²) >= 11 is 0. The van der Waals surface area contributed by atoms with Crippen LogP contribution in [-0.4, -0.2) is 0 Å². The number of pyridine rings is 1. The Hall–Kier alpha value is -2.93. The Bertz CT molecular complexity index is 937. The Morgan fingerprint density at radius 3 is 2.26 bits per heavy atom. The average molecular weight is 296 g/mol. The van der Waals surface area contributed by atoms with Crippen molar-refractivity contribution >= 4 is 10.8 Å². The van der Waals surface area contributed by atoms with Crippen LogP contribution in [0.25, 0.3) is 22.0 Å². The van der Waals surface area contributed by atoms with Gasteiger partial charge in [0.2, 0.25) is 5.69 Å². The van der Waals surface area contributed by atoms with E-state index in [-0.39, 0.29) is 0 Å². The second kappa shape index (κ2) is 6.05. The van der Waals surface area contributed by atoms with E-state index in [0.717, 1.165) is 6.54 Å². The van der Waals surface area contributed by atoms with E-state index in [2.05, 4.69) is 102 Å². The molecule has 0 aliphatic carbocycles. The number of fused-ring (bicyclic) bond motifs is 1. The molecule has 0 aliphatic heterocycles. The summed E-state index contributed by atoms with van der Waals surface area (Å²) in [5, 5.41) is 2.57. The lowest BCUT2D eigenvalue weighted by Gasteiger charge is -2.07. The fourth-order valence-electron chi connectivity index (χ4n) is 3.09. The molecule has 4 rings (SSSR count). The van der Waals surface area contributed by atoms with E-state index in [1.807, 2.05) is 0 Å². The van der Waals surface area contributed by atoms with E-state index < -0.39 is 0 Å². The summed E-state index contributed by atoms with van der Waals surface area (Å²) in [5.41, 5.74) is 3.83. The molecule has 0 saturated heterocycles. The van der Waals surface area contributed by atoms with Crippen molar-refractivity contribution in [1.82, 2.24) is 0 Å². The number of hydrogen-bond acceptors (Lipinski definition) is 0. The first kappa shape index (κ1) is 13.7. The number of nitrogens with zero attached hydrogens (tertiary/aromatic N) is 1. The first-order valence-electron chi connectivity index (χ1n) is 7.92. The highest BCUT2D eigenvalue weighted by molar-refractivity contribution is 5.95. The fraction of sp³-hybridized carbons (Fsp3) is 0.0455. The molecule has 0 aliphatic rings. The molecule has 0 unspecified atom stereocenters. The van der Waals surface area contributed by atoms with Gasteiger partial charge in [-0.25, -0.2) is 0 Å². The molecule has 3 aromatic carbocycles. The van der Waals surface area contributed by atoms with Crippen LogP contribution in [0, 0.1) is 0 Å². The molecule has 0 saturated carbocycles. The van der Waals surface area contributed by atoms with Gasteiger partial charge in [0.15, 0.2) is 12.7 Å². The third kappa shape index (κ3) is 2.74. The molecule has 0 N–H and O–H groups in total. The average Bonchev–Trinajstić information content (AvgIpc) is 2.63. The molecular formula is C22H18N+. The Morgan fingerprint density at radius 1 is 0.609 bits per heavy atom. The standard InChI is InChI=1S/C22H18N/c1-2-9-18(10-3-1)17-23-16-7-6-15-22(23)21-14-8-12-19-11-4-5-13-20(19)21/h1-16H,17H2/q+1. The Balaban J connectivity index is 1.86. The third-order valence-corrected chi connectivity index (χ3v) is 4.20. The Morgan fingerprint density at radius 2 is 1.35 bits per heavy atom. The Kier molecular flexibility index (Phi) is 3.61. The van der Waals surface area contributed by atoms with Crippen molar-refractivity contribution in [2.24, 2.45) is 0 Å². The smallest absolute Gasteiger partial charge is 0.194 e. The number of benzene rings is 3. The summed E-state index contributed by atoms with van der Waals surface area (Å²) < 4.78 is 2.32. The van der Waals surface area contributed by atoms with E-state index >= 15 is 0 Å². The Labute approximate surface area is 136 Å². The minimum absolute atomic E-state index is 0.875. The van der Waals surface area contributed by atoms with Gasteiger partial charge in [-0.1, -0.05) is 66.7 Å². The molecule has 23 heavy (non-hydrogen) atoms. The van der Waals surface area contributed by atoms with Crippen molar-refractivity contribution < 1.29 is 4.57 Å². The van der Waals surface area contributed by atoms with Gasteiger partial charge in [-0.15, -0.1) is 0 Å². The molecule has 1 heteroatoms. The summed E-state index contributed by atoms with van der Waals surface area (Å²) in [6, 6.07) is 32.1. The van der Waals surface area contributed by atoms with Crippen LogP contribution in [-0.2, 0) is 6.54 Å². The van der Waals surface area contributed by atoms with Crippen LogP contribution in [0.5, 0.6) is 0 Å². The maximum absolute atomic E-state index is 2.32. The second-order valence-corrected chi connectivity index (χ2v) is 5.73. The van der Waals surface area contributed by atoms with Crippen molar-refractivity contribution in [3.63, 3.8) is 0 Å². The molecule has 0 bridgehead atoms. The fourth-order valence-corrected chi connectivity index (χ4v) is 3.09. The van der Waals surface area contributed by atoms with Crippen molar-refractivity contribution in [2.45, 2.75) is 6.54 Å². The van der Waals surface area contributed by atoms with Gasteiger partial charge in [0.1, 0.15) is 0 Å². The summed E-state index contributed by atoms with van der Waals surface area (Å²) in [5.74, 6) is 0. The molecule has 0 fully saturated rings. The first-order chi connectivity index (χ1) is 11.4. The minimum Gasteiger partial charge on any atom is -0.194 e. The minimum atomic E-state index is 0.875. The molecule has 4 aromatic rings. The van der Waals surface area contributed by atoms with Gasteiger partial charge in [-0.05, 0) is 22.9 Å². The van der Waals surface area contributed by atoms with E-state index in [1.165, 1.54) is 27.6 Å². The van der Waals surface area contributed by atoms with E-state index in [4.69, 9.17) is 0 Å². The van der Waals surface area contributed by atoms with Crippen LogP contribution in [0.4, 0.5) is 0 Å². The summed E-state index contributed by atoms with van der Waals surface area (Å²) in [6.45, 7) is 0.875. The van der Waals surface area contributed by atoms with Crippen LogP contribution in [0.2, 0.25) is 0 Å². The first-order valence-corrected chi connectivity index (χ1v) is 7.92. The largest absolute Gasteiger partial charge is 0.213 e. The molecule has 0 spiro atoms. The van der Waals surface area contributed by atoms with Crippen molar-refractivity contribution in [1.29, 1.82) is 0 Å². The van der Waals surface area contributed by atoms with E-state index in [9.17, 15) is 0 Å². The van der Waals surface area contributed by atoms with Crippen molar-refractivity contribution in [3.8, 4) is 11.3 Å². The highest BCUT2D eigenvalue weighted by Crippen LogP contribution is 2.26. The van der Waals surface area contributed by atoms with Crippen LogP contribution < -0.4 is 4.57 Å². The van der Waals surface area contributed by atoms with Gasteiger partial charge >= 0.3 is 0 Å². The van der Waals surface area contributed by atoms with E-state index in [0.29, 0.717) is 0 Å². The molecule has 1 aromatic heterocycles. The van der Waals surface area contributed by atoms with Crippen LogP contribution in [0.1, 0.15) is 5.56 Å². The molecule has 0 amide bonds. The lowest BCUT2D eigenvalue weighted by molar-refractivity contribution is -0.677. The van der Waals surface area contributed by atoms with Crippen LogP contribution in [0.15, 0.2) is 97.2 Å². The maximum atomic E-state index is 2.32. The zero-order chi connectivity index (χ0) is 15.5. The van der Waals surface area contributed by atoms with Gasteiger partial charge in [0.05, 0.1) is 5.56 Å². The molecular weight excluding hydrogens is 278 g/mol. The van der Waals surface area contributed by atoms with Gasteiger partial charge in [-0.3, -0.25) is 0 Å². The SMILES string of the molecule is c1ccc(C[n+]2ccccc2-c2cccc3ccccc23)cc1. The van der Waals surface area contributed by atoms with Crippen molar-refractivity contribution in [3.05, 3.63) is 103 Å². The van der Waals surface area contributed by atoms with Gasteiger partial charge in [-0.2, -0.15) is 4.57 Å². The summed E-state index contributed by atoms with van der Waals surface area (Å²) in [4.78, 5) is 0. The zero-order valence-electron chi connectivity index (χ0n) is 12.9. The molecule has 1 nitrogen and oxygen atoms in total. The zero-order valence-corrected chi connectivity index (χ0v) is 12.9. The molecule has 0 radical (unpaired) electrons. The quantitative estimate of drug-likeness (QED) is 0.476. The normalized spacial score (nSPS) is 10.8. The predicted molar refractivity (Wildman–Crippen MR) is 95.1 cm³/mol. The van der Waals surface area contributed by atoms with Crippen molar-refractivity contribution in [2.75, 3.05) is 0 Å². The summed E-state index contributed by atoms with van der Waals surface area (Å²) in [7, 11) is 0.